The molecular weight excluding hydrogens is 200 g/mol. The summed E-state index contributed by atoms with van der Waals surface area (Å²) in [4.78, 5) is 10.0. The van der Waals surface area contributed by atoms with Gasteiger partial charge < -0.3 is 15.8 Å². The molecular formula is C13H22N2O. The van der Waals surface area contributed by atoms with Gasteiger partial charge in [-0.3, -0.25) is 0 Å². The SMILES string of the molecule is CNC.Nc1ccc(CCCCC=O)cc1. The number of nitrogens with one attached hydrogen (secondary N) is 1. The quantitative estimate of drug-likeness (QED) is 0.455. The van der Waals surface area contributed by atoms with Crippen LogP contribution in [0.5, 0.6) is 0 Å². The van der Waals surface area contributed by atoms with Crippen LogP contribution in [0.2, 0.25) is 0 Å². The van der Waals surface area contributed by atoms with Crippen LogP contribution in [0.15, 0.2) is 24.3 Å². The maximum Gasteiger partial charge on any atom is 0.119 e. The van der Waals surface area contributed by atoms with E-state index in [9.17, 15) is 4.79 Å². The summed E-state index contributed by atoms with van der Waals surface area (Å²) < 4.78 is 0. The molecule has 3 nitrogen and oxygen atoms in total. The van der Waals surface area contributed by atoms with Crippen LogP contribution in [0.1, 0.15) is 24.8 Å². The number of unbranched alkanes of at least 4 members (excludes halogenated alkanes) is 2. The van der Waals surface area contributed by atoms with E-state index in [1.807, 2.05) is 38.4 Å². The van der Waals surface area contributed by atoms with Crippen LogP contribution in [0, 0.1) is 0 Å². The molecule has 3 N–H and O–H groups in total. The first-order chi connectivity index (χ1) is 7.74. The Morgan fingerprint density at radius 1 is 1.19 bits per heavy atom. The zero-order valence-electron chi connectivity index (χ0n) is 10.2. The highest BCUT2D eigenvalue weighted by Crippen LogP contribution is 2.09. The Hall–Kier alpha value is -1.35. The molecule has 0 radical (unpaired) electrons. The van der Waals surface area contributed by atoms with Gasteiger partial charge in [-0.05, 0) is 51.1 Å². The predicted molar refractivity (Wildman–Crippen MR) is 69.5 cm³/mol. The molecule has 0 heterocycles. The van der Waals surface area contributed by atoms with E-state index in [0.717, 1.165) is 31.2 Å². The fourth-order valence-corrected chi connectivity index (χ4v) is 1.24. The molecule has 16 heavy (non-hydrogen) atoms. The topological polar surface area (TPSA) is 55.1 Å². The Kier molecular flexibility index (Phi) is 9.32. The minimum Gasteiger partial charge on any atom is -0.399 e. The third-order valence-corrected chi connectivity index (χ3v) is 2.02. The largest absolute Gasteiger partial charge is 0.399 e. The molecule has 0 amide bonds. The van der Waals surface area contributed by atoms with Crippen molar-refractivity contribution in [2.75, 3.05) is 19.8 Å². The van der Waals surface area contributed by atoms with E-state index >= 15 is 0 Å². The molecule has 0 aliphatic carbocycles. The van der Waals surface area contributed by atoms with E-state index in [1.165, 1.54) is 5.56 Å². The number of hydrogen-bond donors (Lipinski definition) is 2. The molecule has 0 aromatic heterocycles. The van der Waals surface area contributed by atoms with Crippen molar-refractivity contribution in [3.63, 3.8) is 0 Å². The van der Waals surface area contributed by atoms with Crippen molar-refractivity contribution in [2.45, 2.75) is 25.7 Å². The van der Waals surface area contributed by atoms with E-state index in [4.69, 9.17) is 5.73 Å². The van der Waals surface area contributed by atoms with Crippen molar-refractivity contribution in [1.29, 1.82) is 0 Å². The molecule has 0 atom stereocenters. The molecule has 1 aromatic carbocycles. The lowest BCUT2D eigenvalue weighted by atomic mass is 10.1. The van der Waals surface area contributed by atoms with E-state index in [1.54, 1.807) is 0 Å². The first-order valence-electron chi connectivity index (χ1n) is 5.61. The third-order valence-electron chi connectivity index (χ3n) is 2.02. The lowest BCUT2D eigenvalue weighted by Gasteiger charge is -2.00. The van der Waals surface area contributed by atoms with Crippen LogP contribution < -0.4 is 11.1 Å². The van der Waals surface area contributed by atoms with Gasteiger partial charge in [0.25, 0.3) is 0 Å². The van der Waals surface area contributed by atoms with Gasteiger partial charge in [0.2, 0.25) is 0 Å². The Morgan fingerprint density at radius 3 is 2.25 bits per heavy atom. The smallest absolute Gasteiger partial charge is 0.119 e. The highest BCUT2D eigenvalue weighted by Gasteiger charge is 1.92. The average Bonchev–Trinajstić information content (AvgIpc) is 2.28. The monoisotopic (exact) mass is 222 g/mol. The van der Waals surface area contributed by atoms with Crippen molar-refractivity contribution < 1.29 is 4.79 Å². The second-order valence-electron chi connectivity index (χ2n) is 3.65. The number of hydrogen-bond acceptors (Lipinski definition) is 3. The van der Waals surface area contributed by atoms with Crippen molar-refractivity contribution in [1.82, 2.24) is 5.32 Å². The molecule has 0 bridgehead atoms. The fraction of sp³-hybridized carbons (Fsp3) is 0.462. The van der Waals surface area contributed by atoms with E-state index in [-0.39, 0.29) is 0 Å². The number of aldehydes is 1. The maximum atomic E-state index is 10.0. The predicted octanol–water partition coefficient (Wildman–Crippen LogP) is 2.02. The summed E-state index contributed by atoms with van der Waals surface area (Å²) in [5.41, 5.74) is 7.65. The zero-order valence-corrected chi connectivity index (χ0v) is 10.2. The normalized spacial score (nSPS) is 9.12. The number of nitrogen functional groups attached to an aromatic ring is 1. The molecule has 1 aromatic rings. The van der Waals surface area contributed by atoms with Gasteiger partial charge in [0.15, 0.2) is 0 Å². The molecule has 3 heteroatoms. The number of benzene rings is 1. The van der Waals surface area contributed by atoms with E-state index < -0.39 is 0 Å². The molecule has 0 aliphatic rings. The first-order valence-corrected chi connectivity index (χ1v) is 5.61. The number of nitrogens with two attached hydrogens (primary N) is 1. The number of aryl methyl sites for hydroxylation is 1. The summed E-state index contributed by atoms with van der Waals surface area (Å²) in [7, 11) is 3.75. The Balaban J connectivity index is 0.000000673. The maximum absolute atomic E-state index is 10.0. The van der Waals surface area contributed by atoms with Gasteiger partial charge >= 0.3 is 0 Å². The Bertz CT molecular complexity index is 270. The van der Waals surface area contributed by atoms with Gasteiger partial charge in [-0.15, -0.1) is 0 Å². The minimum atomic E-state index is 0.676. The number of anilines is 1. The molecule has 0 saturated carbocycles. The second kappa shape index (κ2) is 10.2. The Labute approximate surface area is 98.0 Å². The fourth-order valence-electron chi connectivity index (χ4n) is 1.24. The summed E-state index contributed by atoms with van der Waals surface area (Å²) in [5, 5.41) is 2.75. The summed E-state index contributed by atoms with van der Waals surface area (Å²) in [5.74, 6) is 0. The average molecular weight is 222 g/mol. The molecule has 0 aliphatic heterocycles. The van der Waals surface area contributed by atoms with Gasteiger partial charge in [0.05, 0.1) is 0 Å². The number of rotatable bonds is 5. The van der Waals surface area contributed by atoms with Crippen molar-refractivity contribution >= 4 is 12.0 Å². The molecule has 90 valence electrons. The summed E-state index contributed by atoms with van der Waals surface area (Å²) in [6.07, 6.45) is 4.74. The first kappa shape index (κ1) is 14.6. The highest BCUT2D eigenvalue weighted by molar-refractivity contribution is 5.49. The standard InChI is InChI=1S/C11H15NO.C2H7N/c12-11-7-5-10(6-8-11)4-2-1-3-9-13;1-3-2/h5-9H,1-4,12H2;3H,1-2H3. The van der Waals surface area contributed by atoms with Crippen molar-refractivity contribution in [3.8, 4) is 0 Å². The zero-order chi connectivity index (χ0) is 12.2. The van der Waals surface area contributed by atoms with Crippen LogP contribution in [0.4, 0.5) is 5.69 Å². The van der Waals surface area contributed by atoms with Crippen molar-refractivity contribution in [2.24, 2.45) is 0 Å². The molecule has 0 fully saturated rings. The summed E-state index contributed by atoms with van der Waals surface area (Å²) >= 11 is 0. The van der Waals surface area contributed by atoms with Gasteiger partial charge in [-0.1, -0.05) is 12.1 Å². The molecule has 0 unspecified atom stereocenters. The van der Waals surface area contributed by atoms with Gasteiger partial charge in [0.1, 0.15) is 6.29 Å². The van der Waals surface area contributed by atoms with Gasteiger partial charge in [0, 0.05) is 12.1 Å². The minimum absolute atomic E-state index is 0.676. The van der Waals surface area contributed by atoms with Crippen LogP contribution in [-0.2, 0) is 11.2 Å². The lowest BCUT2D eigenvalue weighted by Crippen LogP contribution is -1.89. The molecule has 0 saturated heterocycles. The van der Waals surface area contributed by atoms with Gasteiger partial charge in [-0.25, -0.2) is 0 Å². The highest BCUT2D eigenvalue weighted by atomic mass is 16.1. The summed E-state index contributed by atoms with van der Waals surface area (Å²) in [6.45, 7) is 0. The molecule has 1 rings (SSSR count). The van der Waals surface area contributed by atoms with E-state index in [0.29, 0.717) is 6.42 Å². The van der Waals surface area contributed by atoms with E-state index in [2.05, 4.69) is 5.32 Å². The Morgan fingerprint density at radius 2 is 1.75 bits per heavy atom. The second-order valence-corrected chi connectivity index (χ2v) is 3.65. The van der Waals surface area contributed by atoms with Crippen LogP contribution in [0.25, 0.3) is 0 Å². The lowest BCUT2D eigenvalue weighted by molar-refractivity contribution is -0.107. The van der Waals surface area contributed by atoms with Crippen LogP contribution in [0.3, 0.4) is 0 Å². The van der Waals surface area contributed by atoms with Crippen LogP contribution in [-0.4, -0.2) is 20.4 Å². The summed E-state index contributed by atoms with van der Waals surface area (Å²) in [6, 6.07) is 7.90. The number of carbonyl (C=O) groups excluding carboxylic acids is 1. The number of carbonyl (C=O) groups is 1. The van der Waals surface area contributed by atoms with Crippen molar-refractivity contribution in [3.05, 3.63) is 29.8 Å². The molecule has 0 spiro atoms. The van der Waals surface area contributed by atoms with Gasteiger partial charge in [-0.2, -0.15) is 0 Å². The third kappa shape index (κ3) is 8.00. The van der Waals surface area contributed by atoms with Crippen LogP contribution >= 0.6 is 0 Å².